The number of hydrogen-bond donors (Lipinski definition) is 1. The molecule has 7 nitrogen and oxygen atoms in total. The zero-order valence-electron chi connectivity index (χ0n) is 23.0. The largest absolute Gasteiger partial charge is 0.497 e. The molecule has 1 aliphatic carbocycles. The van der Waals surface area contributed by atoms with Crippen molar-refractivity contribution < 1.29 is 19.1 Å². The molecule has 0 bridgehead atoms. The monoisotopic (exact) mass is 574 g/mol. The third-order valence-electron chi connectivity index (χ3n) is 7.95. The van der Waals surface area contributed by atoms with Crippen molar-refractivity contribution in [3.63, 3.8) is 0 Å². The second-order valence-corrected chi connectivity index (χ2v) is 11.4. The van der Waals surface area contributed by atoms with Gasteiger partial charge >= 0.3 is 5.97 Å². The topological polar surface area (TPSA) is 94.0 Å². The van der Waals surface area contributed by atoms with Crippen molar-refractivity contribution >= 4 is 29.1 Å². The molecule has 3 aromatic carbocycles. The molecule has 0 fully saturated rings. The van der Waals surface area contributed by atoms with Crippen molar-refractivity contribution in [1.82, 2.24) is 4.57 Å². The highest BCUT2D eigenvalue weighted by Gasteiger charge is 2.32. The third-order valence-corrected chi connectivity index (χ3v) is 8.94. The van der Waals surface area contributed by atoms with Gasteiger partial charge in [0.2, 0.25) is 0 Å². The standard InChI is InChI=1S/C34H26N2O5S/c1-19-7-8-22(33(38)39)17-27(19)28-16-14-24(41-28)18-29-32(37)36-31(21-9-12-23(40-2)13-10-21)26-15-11-20-5-3-4-6-25(20)30(26)35-34(36)42-29/h3-10,12-14,16-18,31H,11,15H2,1-2H3,(H,38,39)/b29-18+/t31-/m0/s1. The Morgan fingerprint density at radius 3 is 2.64 bits per heavy atom. The molecule has 0 spiro atoms. The van der Waals surface area contributed by atoms with E-state index >= 15 is 0 Å². The lowest BCUT2D eigenvalue weighted by molar-refractivity contribution is 0.0697. The lowest BCUT2D eigenvalue weighted by atomic mass is 9.83. The van der Waals surface area contributed by atoms with E-state index in [1.54, 1.807) is 48.1 Å². The number of carboxylic acids is 1. The van der Waals surface area contributed by atoms with Gasteiger partial charge in [-0.25, -0.2) is 9.79 Å². The van der Waals surface area contributed by atoms with E-state index < -0.39 is 5.97 Å². The van der Waals surface area contributed by atoms with Crippen LogP contribution < -0.4 is 19.6 Å². The van der Waals surface area contributed by atoms with Crippen LogP contribution in [-0.2, 0) is 6.42 Å². The van der Waals surface area contributed by atoms with Gasteiger partial charge < -0.3 is 14.3 Å². The quantitative estimate of drug-likeness (QED) is 0.295. The van der Waals surface area contributed by atoms with Crippen molar-refractivity contribution in [3.05, 3.63) is 138 Å². The third kappa shape index (κ3) is 4.31. The molecular weight excluding hydrogens is 548 g/mol. The highest BCUT2D eigenvalue weighted by Crippen LogP contribution is 2.41. The minimum atomic E-state index is -0.999. The molecule has 0 unspecified atom stereocenters. The summed E-state index contributed by atoms with van der Waals surface area (Å²) in [6.07, 6.45) is 3.44. The predicted molar refractivity (Wildman–Crippen MR) is 162 cm³/mol. The van der Waals surface area contributed by atoms with Crippen LogP contribution in [-0.4, -0.2) is 22.8 Å². The van der Waals surface area contributed by atoms with Crippen molar-refractivity contribution in [1.29, 1.82) is 0 Å². The van der Waals surface area contributed by atoms with Gasteiger partial charge in [0.25, 0.3) is 5.56 Å². The molecule has 1 aliphatic heterocycles. The van der Waals surface area contributed by atoms with Crippen LogP contribution in [0.2, 0.25) is 0 Å². The number of thiazole rings is 1. The Morgan fingerprint density at radius 1 is 1.05 bits per heavy atom. The number of benzene rings is 3. The SMILES string of the molecule is COc1ccc([C@H]2C3=C(N=c4s/c(=C/c5ccc(-c6cc(C(=O)O)ccc6C)o5)c(=O)n42)c2ccccc2CC3)cc1. The Kier molecular flexibility index (Phi) is 6.28. The minimum Gasteiger partial charge on any atom is -0.497 e. The molecule has 0 saturated carbocycles. The summed E-state index contributed by atoms with van der Waals surface area (Å²) in [5.41, 5.74) is 7.10. The summed E-state index contributed by atoms with van der Waals surface area (Å²) in [5.74, 6) is 0.802. The zero-order valence-corrected chi connectivity index (χ0v) is 23.8. The van der Waals surface area contributed by atoms with Crippen LogP contribution in [0.4, 0.5) is 0 Å². The first-order valence-electron chi connectivity index (χ1n) is 13.6. The van der Waals surface area contributed by atoms with Crippen molar-refractivity contribution in [2.45, 2.75) is 25.8 Å². The van der Waals surface area contributed by atoms with Crippen LogP contribution >= 0.6 is 11.3 Å². The zero-order chi connectivity index (χ0) is 29.0. The maximum absolute atomic E-state index is 14.0. The number of aromatic nitrogens is 1. The van der Waals surface area contributed by atoms with E-state index in [9.17, 15) is 14.7 Å². The maximum Gasteiger partial charge on any atom is 0.335 e. The molecule has 0 saturated heterocycles. The fourth-order valence-corrected chi connectivity index (χ4v) is 6.81. The van der Waals surface area contributed by atoms with E-state index in [0.717, 1.165) is 46.6 Å². The number of aryl methyl sites for hydroxylation is 2. The maximum atomic E-state index is 14.0. The molecule has 42 heavy (non-hydrogen) atoms. The summed E-state index contributed by atoms with van der Waals surface area (Å²) in [4.78, 5) is 31.2. The molecule has 0 radical (unpaired) electrons. The number of carbonyl (C=O) groups is 1. The van der Waals surface area contributed by atoms with E-state index in [1.165, 1.54) is 16.9 Å². The second-order valence-electron chi connectivity index (χ2n) is 10.4. The van der Waals surface area contributed by atoms with E-state index in [0.29, 0.717) is 26.4 Å². The number of carboxylic acid groups (broad SMARTS) is 1. The Morgan fingerprint density at radius 2 is 1.86 bits per heavy atom. The molecule has 208 valence electrons. The van der Waals surface area contributed by atoms with Gasteiger partial charge in [-0.15, -0.1) is 0 Å². The van der Waals surface area contributed by atoms with Gasteiger partial charge in [0.1, 0.15) is 17.3 Å². The number of allylic oxidation sites excluding steroid dienone is 1. The lowest BCUT2D eigenvalue weighted by Gasteiger charge is -2.30. The second kappa shape index (κ2) is 10.2. The number of aromatic carboxylic acids is 1. The summed E-state index contributed by atoms with van der Waals surface area (Å²) in [6, 6.07) is 24.5. The normalized spacial score (nSPS) is 16.0. The Balaban J connectivity index is 1.37. The highest BCUT2D eigenvalue weighted by molar-refractivity contribution is 7.07. The minimum absolute atomic E-state index is 0.132. The first-order valence-corrected chi connectivity index (χ1v) is 14.4. The predicted octanol–water partition coefficient (Wildman–Crippen LogP) is 5.59. The number of furan rings is 1. The average molecular weight is 575 g/mol. The lowest BCUT2D eigenvalue weighted by Crippen LogP contribution is -2.38. The van der Waals surface area contributed by atoms with Crippen LogP contribution in [0.3, 0.4) is 0 Å². The van der Waals surface area contributed by atoms with E-state index in [-0.39, 0.29) is 17.2 Å². The molecule has 1 N–H and O–H groups in total. The average Bonchev–Trinajstić information content (AvgIpc) is 3.60. The number of hydrogen-bond acceptors (Lipinski definition) is 6. The number of methoxy groups -OCH3 is 1. The molecular formula is C34H26N2O5S. The Bertz CT molecular complexity index is 2100. The molecule has 2 aromatic heterocycles. The van der Waals surface area contributed by atoms with Gasteiger partial charge in [0.05, 0.1) is 28.9 Å². The molecule has 0 amide bonds. The van der Waals surface area contributed by atoms with E-state index in [1.807, 2.05) is 37.3 Å². The van der Waals surface area contributed by atoms with Gasteiger partial charge in [-0.1, -0.05) is 53.8 Å². The Labute approximate surface area is 245 Å². The van der Waals surface area contributed by atoms with Gasteiger partial charge in [0, 0.05) is 17.2 Å². The van der Waals surface area contributed by atoms with Crippen LogP contribution in [0, 0.1) is 6.92 Å². The fourth-order valence-electron chi connectivity index (χ4n) is 5.83. The number of rotatable bonds is 5. The smallest absolute Gasteiger partial charge is 0.335 e. The van der Waals surface area contributed by atoms with Crippen LogP contribution in [0.25, 0.3) is 23.1 Å². The molecule has 2 aliphatic rings. The molecule has 8 heteroatoms. The first-order chi connectivity index (χ1) is 20.4. The van der Waals surface area contributed by atoms with Gasteiger partial charge in [0.15, 0.2) is 4.80 Å². The molecule has 7 rings (SSSR count). The number of fused-ring (bicyclic) bond motifs is 3. The van der Waals surface area contributed by atoms with Gasteiger partial charge in [-0.2, -0.15) is 0 Å². The van der Waals surface area contributed by atoms with Crippen molar-refractivity contribution in [3.8, 4) is 17.1 Å². The summed E-state index contributed by atoms with van der Waals surface area (Å²) in [7, 11) is 1.64. The number of ether oxygens (including phenoxy) is 1. The summed E-state index contributed by atoms with van der Waals surface area (Å²) >= 11 is 1.34. The van der Waals surface area contributed by atoms with Crippen molar-refractivity contribution in [2.75, 3.05) is 7.11 Å². The van der Waals surface area contributed by atoms with E-state index in [4.69, 9.17) is 14.1 Å². The molecule has 3 heterocycles. The molecule has 5 aromatic rings. The van der Waals surface area contributed by atoms with Crippen LogP contribution in [0.15, 0.2) is 98.6 Å². The van der Waals surface area contributed by atoms with Gasteiger partial charge in [-0.3, -0.25) is 9.36 Å². The van der Waals surface area contributed by atoms with E-state index in [2.05, 4.69) is 18.2 Å². The number of nitrogens with zero attached hydrogens (tertiary/aromatic N) is 2. The summed E-state index contributed by atoms with van der Waals surface area (Å²) in [5, 5.41) is 9.43. The fraction of sp³-hybridized carbons (Fsp3) is 0.147. The Hall–Kier alpha value is -4.95. The van der Waals surface area contributed by atoms with Crippen LogP contribution in [0.1, 0.15) is 50.8 Å². The summed E-state index contributed by atoms with van der Waals surface area (Å²) in [6.45, 7) is 1.90. The highest BCUT2D eigenvalue weighted by atomic mass is 32.1. The van der Waals surface area contributed by atoms with Crippen molar-refractivity contribution in [2.24, 2.45) is 4.99 Å². The van der Waals surface area contributed by atoms with Gasteiger partial charge in [-0.05, 0) is 78.4 Å². The first kappa shape index (κ1) is 26.0. The molecule has 1 atom stereocenters. The summed E-state index contributed by atoms with van der Waals surface area (Å²) < 4.78 is 13.8. The van der Waals surface area contributed by atoms with Crippen LogP contribution in [0.5, 0.6) is 5.75 Å².